The zero-order valence-corrected chi connectivity index (χ0v) is 10.4. The van der Waals surface area contributed by atoms with Crippen molar-refractivity contribution < 1.29 is 9.72 Å². The first kappa shape index (κ1) is 13.9. The highest BCUT2D eigenvalue weighted by Gasteiger charge is 2.11. The molecule has 1 amide bonds. The topological polar surface area (TPSA) is 97.2 Å². The number of aryl methyl sites for hydroxylation is 1. The zero-order chi connectivity index (χ0) is 13.5. The molecule has 0 aliphatic rings. The summed E-state index contributed by atoms with van der Waals surface area (Å²) in [5.41, 5.74) is 0.340. The van der Waals surface area contributed by atoms with Crippen molar-refractivity contribution in [2.24, 2.45) is 0 Å². The third kappa shape index (κ3) is 4.00. The third-order valence-corrected chi connectivity index (χ3v) is 2.29. The fraction of sp³-hybridized carbons (Fsp3) is 0.455. The largest absolute Gasteiger partial charge is 0.370 e. The molecular formula is C11H16N4O3. The van der Waals surface area contributed by atoms with Crippen LogP contribution in [0, 0.1) is 17.0 Å². The molecule has 0 aliphatic heterocycles. The minimum absolute atomic E-state index is 0.00993. The quantitative estimate of drug-likeness (QED) is 0.586. The number of hydrogen-bond donors (Lipinski definition) is 2. The first-order valence-corrected chi connectivity index (χ1v) is 5.67. The summed E-state index contributed by atoms with van der Waals surface area (Å²) >= 11 is 0. The molecule has 18 heavy (non-hydrogen) atoms. The lowest BCUT2D eigenvalue weighted by Gasteiger charge is -2.06. The van der Waals surface area contributed by atoms with Crippen LogP contribution < -0.4 is 10.6 Å². The molecule has 0 saturated carbocycles. The van der Waals surface area contributed by atoms with E-state index in [0.29, 0.717) is 31.0 Å². The average Bonchev–Trinajstić information content (AvgIpc) is 2.29. The number of aromatic nitrogens is 1. The molecule has 1 rings (SSSR count). The molecule has 0 aliphatic carbocycles. The maximum atomic E-state index is 11.2. The Balaban J connectivity index is 2.51. The number of rotatable bonds is 6. The lowest BCUT2D eigenvalue weighted by atomic mass is 10.3. The van der Waals surface area contributed by atoms with E-state index < -0.39 is 4.92 Å². The van der Waals surface area contributed by atoms with Gasteiger partial charge in [-0.05, 0) is 19.9 Å². The monoisotopic (exact) mass is 252 g/mol. The van der Waals surface area contributed by atoms with Crippen LogP contribution in [-0.4, -0.2) is 28.9 Å². The second kappa shape index (κ2) is 6.53. The molecule has 7 nitrogen and oxygen atoms in total. The van der Waals surface area contributed by atoms with Crippen LogP contribution in [0.3, 0.4) is 0 Å². The van der Waals surface area contributed by atoms with Crippen LogP contribution in [-0.2, 0) is 4.79 Å². The average molecular weight is 252 g/mol. The van der Waals surface area contributed by atoms with Gasteiger partial charge in [0.05, 0.1) is 4.92 Å². The molecule has 0 fully saturated rings. The van der Waals surface area contributed by atoms with E-state index in [0.717, 1.165) is 0 Å². The molecule has 0 spiro atoms. The van der Waals surface area contributed by atoms with Crippen molar-refractivity contribution in [3.63, 3.8) is 0 Å². The molecule has 0 bridgehead atoms. The molecule has 1 heterocycles. The van der Waals surface area contributed by atoms with Gasteiger partial charge in [-0.1, -0.05) is 0 Å². The van der Waals surface area contributed by atoms with Crippen molar-refractivity contribution in [3.8, 4) is 0 Å². The highest BCUT2D eigenvalue weighted by Crippen LogP contribution is 2.17. The van der Waals surface area contributed by atoms with Crippen molar-refractivity contribution >= 4 is 17.4 Å². The fourth-order valence-electron chi connectivity index (χ4n) is 1.43. The molecule has 1 aromatic rings. The Kier molecular flexibility index (Phi) is 5.04. The van der Waals surface area contributed by atoms with Crippen molar-refractivity contribution in [1.29, 1.82) is 0 Å². The number of nitro groups is 1. The molecular weight excluding hydrogens is 236 g/mol. The number of anilines is 1. The summed E-state index contributed by atoms with van der Waals surface area (Å²) in [7, 11) is 0. The lowest BCUT2D eigenvalue weighted by molar-refractivity contribution is -0.385. The van der Waals surface area contributed by atoms with Gasteiger partial charge in [-0.25, -0.2) is 4.98 Å². The summed E-state index contributed by atoms with van der Waals surface area (Å²) in [6, 6.07) is 2.93. The first-order valence-electron chi connectivity index (χ1n) is 5.67. The van der Waals surface area contributed by atoms with E-state index >= 15 is 0 Å². The van der Waals surface area contributed by atoms with E-state index in [4.69, 9.17) is 0 Å². The van der Waals surface area contributed by atoms with Crippen LogP contribution in [0.5, 0.6) is 0 Å². The minimum atomic E-state index is -0.471. The highest BCUT2D eigenvalue weighted by molar-refractivity contribution is 5.76. The summed E-state index contributed by atoms with van der Waals surface area (Å²) in [6.45, 7) is 4.48. The Hall–Kier alpha value is -2.18. The molecule has 7 heteroatoms. The maximum absolute atomic E-state index is 11.2. The number of carbonyl (C=O) groups excluding carboxylic acids is 1. The van der Waals surface area contributed by atoms with Crippen molar-refractivity contribution in [2.75, 3.05) is 18.4 Å². The Morgan fingerprint density at radius 2 is 2.22 bits per heavy atom. The molecule has 0 radical (unpaired) electrons. The van der Waals surface area contributed by atoms with Crippen molar-refractivity contribution in [2.45, 2.75) is 20.3 Å². The standard InChI is InChI=1S/C11H16N4O3/c1-3-12-11(16)6-7-13-10-5-4-9(15(17)18)8(2)14-10/h4-5H,3,6-7H2,1-2H3,(H,12,16)(H,13,14). The van der Waals surface area contributed by atoms with Crippen LogP contribution in [0.4, 0.5) is 11.5 Å². The van der Waals surface area contributed by atoms with E-state index in [1.807, 2.05) is 6.92 Å². The van der Waals surface area contributed by atoms with E-state index in [-0.39, 0.29) is 11.6 Å². The summed E-state index contributed by atoms with van der Waals surface area (Å²) < 4.78 is 0. The van der Waals surface area contributed by atoms with Crippen LogP contribution in [0.15, 0.2) is 12.1 Å². The van der Waals surface area contributed by atoms with Crippen LogP contribution in [0.1, 0.15) is 19.0 Å². The number of nitrogens with one attached hydrogen (secondary N) is 2. The Bertz CT molecular complexity index is 448. The van der Waals surface area contributed by atoms with E-state index in [1.165, 1.54) is 12.1 Å². The van der Waals surface area contributed by atoms with Gasteiger partial charge in [0.2, 0.25) is 5.91 Å². The number of hydrogen-bond acceptors (Lipinski definition) is 5. The van der Waals surface area contributed by atoms with E-state index in [2.05, 4.69) is 15.6 Å². The summed E-state index contributed by atoms with van der Waals surface area (Å²) in [5, 5.41) is 16.2. The Morgan fingerprint density at radius 1 is 1.50 bits per heavy atom. The van der Waals surface area contributed by atoms with Crippen LogP contribution in [0.2, 0.25) is 0 Å². The Morgan fingerprint density at radius 3 is 2.78 bits per heavy atom. The van der Waals surface area contributed by atoms with Gasteiger partial charge in [0.1, 0.15) is 11.5 Å². The van der Waals surface area contributed by atoms with E-state index in [9.17, 15) is 14.9 Å². The van der Waals surface area contributed by atoms with Gasteiger partial charge in [0, 0.05) is 25.6 Å². The summed E-state index contributed by atoms with van der Waals surface area (Å²) in [5.74, 6) is 0.492. The first-order chi connectivity index (χ1) is 8.54. The van der Waals surface area contributed by atoms with Crippen molar-refractivity contribution in [3.05, 3.63) is 27.9 Å². The van der Waals surface area contributed by atoms with Gasteiger partial charge >= 0.3 is 0 Å². The van der Waals surface area contributed by atoms with E-state index in [1.54, 1.807) is 6.92 Å². The smallest absolute Gasteiger partial charge is 0.290 e. The predicted molar refractivity (Wildman–Crippen MR) is 67.4 cm³/mol. The van der Waals surface area contributed by atoms with Gasteiger partial charge in [-0.2, -0.15) is 0 Å². The normalized spacial score (nSPS) is 9.89. The molecule has 2 N–H and O–H groups in total. The number of carbonyl (C=O) groups is 1. The van der Waals surface area contributed by atoms with Crippen LogP contribution >= 0.6 is 0 Å². The maximum Gasteiger partial charge on any atom is 0.290 e. The second-order valence-electron chi connectivity index (χ2n) is 3.69. The number of nitrogens with zero attached hydrogens (tertiary/aromatic N) is 2. The summed E-state index contributed by atoms with van der Waals surface area (Å²) in [4.78, 5) is 25.4. The number of pyridine rings is 1. The second-order valence-corrected chi connectivity index (χ2v) is 3.69. The Labute approximate surface area is 105 Å². The van der Waals surface area contributed by atoms with Crippen LogP contribution in [0.25, 0.3) is 0 Å². The molecule has 0 saturated heterocycles. The predicted octanol–water partition coefficient (Wildman–Crippen LogP) is 1.24. The fourth-order valence-corrected chi connectivity index (χ4v) is 1.43. The lowest BCUT2D eigenvalue weighted by Crippen LogP contribution is -2.24. The SMILES string of the molecule is CCNC(=O)CCNc1ccc([N+](=O)[O-])c(C)n1. The molecule has 0 aromatic carbocycles. The zero-order valence-electron chi connectivity index (χ0n) is 10.4. The molecule has 98 valence electrons. The van der Waals surface area contributed by atoms with Gasteiger partial charge in [-0.15, -0.1) is 0 Å². The molecule has 0 unspecified atom stereocenters. The third-order valence-electron chi connectivity index (χ3n) is 2.29. The van der Waals surface area contributed by atoms with Gasteiger partial charge in [0.15, 0.2) is 0 Å². The highest BCUT2D eigenvalue weighted by atomic mass is 16.6. The molecule has 1 aromatic heterocycles. The number of amides is 1. The van der Waals surface area contributed by atoms with Gasteiger partial charge in [-0.3, -0.25) is 14.9 Å². The van der Waals surface area contributed by atoms with Gasteiger partial charge < -0.3 is 10.6 Å². The molecule has 0 atom stereocenters. The van der Waals surface area contributed by atoms with Gasteiger partial charge in [0.25, 0.3) is 5.69 Å². The minimum Gasteiger partial charge on any atom is -0.370 e. The van der Waals surface area contributed by atoms with Crippen molar-refractivity contribution in [1.82, 2.24) is 10.3 Å². The summed E-state index contributed by atoms with van der Waals surface area (Å²) in [6.07, 6.45) is 0.339.